The lowest BCUT2D eigenvalue weighted by Crippen LogP contribution is -2.44. The molecule has 0 spiro atoms. The molecule has 3 rings (SSSR count). The summed E-state index contributed by atoms with van der Waals surface area (Å²) in [5.41, 5.74) is 1.39. The minimum absolute atomic E-state index is 0.140. The number of benzene rings is 1. The molecule has 0 aliphatic carbocycles. The van der Waals surface area contributed by atoms with Crippen molar-refractivity contribution < 1.29 is 18.7 Å². The highest BCUT2D eigenvalue weighted by Crippen LogP contribution is 2.25. The predicted octanol–water partition coefficient (Wildman–Crippen LogP) is 3.30. The van der Waals surface area contributed by atoms with Crippen LogP contribution in [-0.4, -0.2) is 36.0 Å². The van der Waals surface area contributed by atoms with Crippen molar-refractivity contribution in [3.8, 4) is 0 Å². The molecular formula is C18H21NO4. The average Bonchev–Trinajstić information content (AvgIpc) is 2.90. The Morgan fingerprint density at radius 2 is 2.09 bits per heavy atom. The van der Waals surface area contributed by atoms with E-state index in [0.29, 0.717) is 5.58 Å². The van der Waals surface area contributed by atoms with Crippen LogP contribution < -0.4 is 0 Å². The third-order valence-corrected chi connectivity index (χ3v) is 4.48. The van der Waals surface area contributed by atoms with E-state index in [9.17, 15) is 9.59 Å². The Kier molecular flexibility index (Phi) is 4.37. The number of amides is 1. The van der Waals surface area contributed by atoms with Crippen LogP contribution in [0.5, 0.6) is 0 Å². The SMILES string of the molecule is Cc1c(C(=O)OCC(=O)N2CCCC[C@H]2C)oc2ccccc12. The van der Waals surface area contributed by atoms with Gasteiger partial charge in [-0.2, -0.15) is 0 Å². The Hall–Kier alpha value is -2.30. The number of likely N-dealkylation sites (tertiary alicyclic amines) is 1. The quantitative estimate of drug-likeness (QED) is 0.815. The summed E-state index contributed by atoms with van der Waals surface area (Å²) in [4.78, 5) is 26.2. The zero-order chi connectivity index (χ0) is 16.4. The zero-order valence-electron chi connectivity index (χ0n) is 13.5. The summed E-state index contributed by atoms with van der Waals surface area (Å²) in [6.45, 7) is 4.35. The summed E-state index contributed by atoms with van der Waals surface area (Å²) in [6, 6.07) is 7.65. The first-order chi connectivity index (χ1) is 11.1. The summed E-state index contributed by atoms with van der Waals surface area (Å²) < 4.78 is 10.7. The molecule has 23 heavy (non-hydrogen) atoms. The number of aryl methyl sites for hydroxylation is 1. The number of esters is 1. The molecule has 122 valence electrons. The molecule has 5 nitrogen and oxygen atoms in total. The van der Waals surface area contributed by atoms with Gasteiger partial charge >= 0.3 is 5.97 Å². The van der Waals surface area contributed by atoms with Gasteiger partial charge in [-0.25, -0.2) is 4.79 Å². The van der Waals surface area contributed by atoms with E-state index in [0.717, 1.165) is 36.8 Å². The molecule has 2 aromatic rings. The van der Waals surface area contributed by atoms with Gasteiger partial charge in [0.1, 0.15) is 5.58 Å². The van der Waals surface area contributed by atoms with Gasteiger partial charge in [0, 0.05) is 23.5 Å². The molecule has 0 saturated carbocycles. The van der Waals surface area contributed by atoms with Crippen LogP contribution in [0.15, 0.2) is 28.7 Å². The van der Waals surface area contributed by atoms with E-state index in [1.807, 2.05) is 32.0 Å². The molecule has 1 amide bonds. The summed E-state index contributed by atoms with van der Waals surface area (Å²) in [7, 11) is 0. The second-order valence-corrected chi connectivity index (χ2v) is 6.06. The van der Waals surface area contributed by atoms with Gasteiger partial charge in [-0.15, -0.1) is 0 Å². The van der Waals surface area contributed by atoms with Crippen molar-refractivity contribution in [2.45, 2.75) is 39.2 Å². The van der Waals surface area contributed by atoms with Gasteiger partial charge in [-0.1, -0.05) is 18.2 Å². The number of nitrogens with zero attached hydrogens (tertiary/aromatic N) is 1. The van der Waals surface area contributed by atoms with Gasteiger partial charge in [0.2, 0.25) is 5.76 Å². The number of furan rings is 1. The van der Waals surface area contributed by atoms with E-state index in [-0.39, 0.29) is 24.3 Å². The minimum atomic E-state index is -0.586. The zero-order valence-corrected chi connectivity index (χ0v) is 13.5. The van der Waals surface area contributed by atoms with E-state index in [4.69, 9.17) is 9.15 Å². The monoisotopic (exact) mass is 315 g/mol. The van der Waals surface area contributed by atoms with Crippen molar-refractivity contribution in [2.75, 3.05) is 13.2 Å². The molecule has 1 fully saturated rings. The molecule has 0 bridgehead atoms. The standard InChI is InChI=1S/C18H21NO4/c1-12-7-5-6-10-19(12)16(20)11-22-18(21)17-13(2)14-8-3-4-9-15(14)23-17/h3-4,8-9,12H,5-7,10-11H2,1-2H3/t12-/m1/s1. The van der Waals surface area contributed by atoms with Crippen LogP contribution in [0.2, 0.25) is 0 Å². The average molecular weight is 315 g/mol. The lowest BCUT2D eigenvalue weighted by Gasteiger charge is -2.33. The van der Waals surface area contributed by atoms with Gasteiger partial charge in [0.05, 0.1) is 0 Å². The van der Waals surface area contributed by atoms with Crippen LogP contribution in [0, 0.1) is 6.92 Å². The Balaban J connectivity index is 1.66. The lowest BCUT2D eigenvalue weighted by atomic mass is 10.0. The fourth-order valence-corrected chi connectivity index (χ4v) is 3.11. The molecule has 5 heteroatoms. The van der Waals surface area contributed by atoms with Crippen molar-refractivity contribution >= 4 is 22.8 Å². The predicted molar refractivity (Wildman–Crippen MR) is 86.3 cm³/mol. The fraction of sp³-hybridized carbons (Fsp3) is 0.444. The molecule has 1 aromatic carbocycles. The first-order valence-corrected chi connectivity index (χ1v) is 8.02. The summed E-state index contributed by atoms with van der Waals surface area (Å²) in [6.07, 6.45) is 3.15. The first kappa shape index (κ1) is 15.6. The Labute approximate surface area is 135 Å². The minimum Gasteiger partial charge on any atom is -0.450 e. The Morgan fingerprint density at radius 1 is 1.30 bits per heavy atom. The van der Waals surface area contributed by atoms with E-state index >= 15 is 0 Å². The van der Waals surface area contributed by atoms with Gasteiger partial charge in [-0.3, -0.25) is 4.79 Å². The summed E-state index contributed by atoms with van der Waals surface area (Å²) in [5, 5.41) is 0.885. The van der Waals surface area contributed by atoms with E-state index in [1.165, 1.54) is 0 Å². The third-order valence-electron chi connectivity index (χ3n) is 4.48. The van der Waals surface area contributed by atoms with Crippen molar-refractivity contribution in [1.29, 1.82) is 0 Å². The maximum Gasteiger partial charge on any atom is 0.375 e. The number of ether oxygens (including phenoxy) is 1. The smallest absolute Gasteiger partial charge is 0.375 e. The number of hydrogen-bond donors (Lipinski definition) is 0. The number of carbonyl (C=O) groups excluding carboxylic acids is 2. The maximum absolute atomic E-state index is 12.2. The highest BCUT2D eigenvalue weighted by Gasteiger charge is 2.25. The Bertz CT molecular complexity index is 734. The molecule has 0 radical (unpaired) electrons. The van der Waals surface area contributed by atoms with Crippen LogP contribution in [0.25, 0.3) is 11.0 Å². The topological polar surface area (TPSA) is 59.8 Å². The second kappa shape index (κ2) is 6.44. The van der Waals surface area contributed by atoms with Gasteiger partial charge in [-0.05, 0) is 39.2 Å². The van der Waals surface area contributed by atoms with Crippen molar-refractivity contribution in [2.24, 2.45) is 0 Å². The lowest BCUT2D eigenvalue weighted by molar-refractivity contribution is -0.137. The molecule has 2 heterocycles. The molecule has 1 saturated heterocycles. The summed E-state index contributed by atoms with van der Waals surface area (Å²) >= 11 is 0. The van der Waals surface area contributed by atoms with Crippen molar-refractivity contribution in [3.05, 3.63) is 35.6 Å². The largest absolute Gasteiger partial charge is 0.450 e. The number of hydrogen-bond acceptors (Lipinski definition) is 4. The fourth-order valence-electron chi connectivity index (χ4n) is 3.11. The highest BCUT2D eigenvalue weighted by molar-refractivity contribution is 5.96. The third kappa shape index (κ3) is 3.09. The van der Waals surface area contributed by atoms with Gasteiger partial charge < -0.3 is 14.1 Å². The maximum atomic E-state index is 12.2. The normalized spacial score (nSPS) is 18.2. The first-order valence-electron chi connectivity index (χ1n) is 8.02. The summed E-state index contributed by atoms with van der Waals surface area (Å²) in [5.74, 6) is -0.554. The molecule has 1 aromatic heterocycles. The molecular weight excluding hydrogens is 294 g/mol. The van der Waals surface area contributed by atoms with Crippen molar-refractivity contribution in [3.63, 3.8) is 0 Å². The van der Waals surface area contributed by atoms with Crippen LogP contribution in [0.1, 0.15) is 42.3 Å². The van der Waals surface area contributed by atoms with Crippen LogP contribution >= 0.6 is 0 Å². The number of para-hydroxylation sites is 1. The van der Waals surface area contributed by atoms with Gasteiger partial charge in [0.25, 0.3) is 5.91 Å². The van der Waals surface area contributed by atoms with Crippen LogP contribution in [0.4, 0.5) is 0 Å². The second-order valence-electron chi connectivity index (χ2n) is 6.06. The number of piperidine rings is 1. The number of carbonyl (C=O) groups is 2. The van der Waals surface area contributed by atoms with E-state index in [2.05, 4.69) is 0 Å². The number of fused-ring (bicyclic) bond motifs is 1. The van der Waals surface area contributed by atoms with Crippen LogP contribution in [0.3, 0.4) is 0 Å². The Morgan fingerprint density at radius 3 is 2.83 bits per heavy atom. The highest BCUT2D eigenvalue weighted by atomic mass is 16.5. The number of rotatable bonds is 3. The molecule has 1 aliphatic rings. The molecule has 0 unspecified atom stereocenters. The molecule has 0 N–H and O–H groups in total. The van der Waals surface area contributed by atoms with Crippen LogP contribution in [-0.2, 0) is 9.53 Å². The van der Waals surface area contributed by atoms with Gasteiger partial charge in [0.15, 0.2) is 6.61 Å². The van der Waals surface area contributed by atoms with Crippen molar-refractivity contribution in [1.82, 2.24) is 4.90 Å². The van der Waals surface area contributed by atoms with E-state index in [1.54, 1.807) is 11.0 Å². The van der Waals surface area contributed by atoms with E-state index < -0.39 is 5.97 Å². The molecule has 1 atom stereocenters. The molecule has 1 aliphatic heterocycles.